The maximum Gasteiger partial charge on any atom is 0.235 e. The first-order chi connectivity index (χ1) is 3.62. The van der Waals surface area contributed by atoms with E-state index in [1.54, 1.807) is 0 Å². The zero-order chi connectivity index (χ0) is 6.62. The zero-order valence-corrected chi connectivity index (χ0v) is 4.94. The molecule has 0 aliphatic heterocycles. The van der Waals surface area contributed by atoms with Crippen LogP contribution in [0.4, 0.5) is 4.39 Å². The van der Waals surface area contributed by atoms with Crippen molar-refractivity contribution in [2.45, 2.75) is 19.4 Å². The molecule has 0 saturated carbocycles. The van der Waals surface area contributed by atoms with Crippen molar-refractivity contribution in [2.24, 2.45) is 4.99 Å². The molecule has 0 aromatic carbocycles. The summed E-state index contributed by atoms with van der Waals surface area (Å²) in [5.41, 5.74) is -0.873. The van der Waals surface area contributed by atoms with Crippen LogP contribution in [0.3, 0.4) is 0 Å². The van der Waals surface area contributed by atoms with E-state index in [2.05, 4.69) is 4.99 Å². The molecule has 0 heterocycles. The van der Waals surface area contributed by atoms with E-state index in [0.717, 1.165) is 0 Å². The molecule has 0 aromatic rings. The molecule has 0 amide bonds. The highest BCUT2D eigenvalue weighted by molar-refractivity contribution is 5.34. The van der Waals surface area contributed by atoms with E-state index in [-0.39, 0.29) is 0 Å². The Kier molecular flexibility index (Phi) is 2.35. The van der Waals surface area contributed by atoms with Gasteiger partial charge in [0.15, 0.2) is 0 Å². The highest BCUT2D eigenvalue weighted by Gasteiger charge is 2.14. The lowest BCUT2D eigenvalue weighted by Crippen LogP contribution is -2.18. The Labute approximate surface area is 47.4 Å². The summed E-state index contributed by atoms with van der Waals surface area (Å²) >= 11 is 0. The van der Waals surface area contributed by atoms with Crippen LogP contribution < -0.4 is 0 Å². The van der Waals surface area contributed by atoms with Gasteiger partial charge in [0.2, 0.25) is 6.08 Å². The molecule has 0 radical (unpaired) electrons. The number of aliphatic imine (C=N–C) groups is 1. The van der Waals surface area contributed by atoms with Crippen LogP contribution in [0.1, 0.15) is 13.8 Å². The monoisotopic (exact) mass is 117 g/mol. The molecule has 2 nitrogen and oxygen atoms in total. The maximum atomic E-state index is 11.7. The van der Waals surface area contributed by atoms with Crippen LogP contribution in [0, 0.1) is 0 Å². The first-order valence-corrected chi connectivity index (χ1v) is 2.27. The average Bonchev–Trinajstić information content (AvgIpc) is 1.67. The van der Waals surface area contributed by atoms with Crippen LogP contribution in [0.2, 0.25) is 0 Å². The molecule has 0 atom stereocenters. The third-order valence-electron chi connectivity index (χ3n) is 0.675. The second kappa shape index (κ2) is 2.58. The largest absolute Gasteiger partial charge is 0.248 e. The molecule has 0 aromatic heterocycles. The van der Waals surface area contributed by atoms with Gasteiger partial charge in [-0.15, -0.1) is 0 Å². The van der Waals surface area contributed by atoms with Gasteiger partial charge in [0.1, 0.15) is 6.67 Å². The van der Waals surface area contributed by atoms with Gasteiger partial charge in [-0.1, -0.05) is 0 Å². The molecule has 0 unspecified atom stereocenters. The Hall–Kier alpha value is -0.690. The molecule has 46 valence electrons. The van der Waals surface area contributed by atoms with Crippen molar-refractivity contribution in [3.05, 3.63) is 0 Å². The van der Waals surface area contributed by atoms with Crippen molar-refractivity contribution in [1.29, 1.82) is 0 Å². The van der Waals surface area contributed by atoms with Crippen LogP contribution in [-0.2, 0) is 4.79 Å². The van der Waals surface area contributed by atoms with Gasteiger partial charge in [0.25, 0.3) is 0 Å². The third-order valence-corrected chi connectivity index (χ3v) is 0.675. The lowest BCUT2D eigenvalue weighted by molar-refractivity contribution is 0.353. The van der Waals surface area contributed by atoms with Crippen LogP contribution >= 0.6 is 0 Å². The normalized spacial score (nSPS) is 10.4. The fourth-order valence-corrected chi connectivity index (χ4v) is 0.153. The summed E-state index contributed by atoms with van der Waals surface area (Å²) in [5.74, 6) is 0. The molecule has 0 aliphatic carbocycles. The number of alkyl halides is 1. The van der Waals surface area contributed by atoms with Crippen molar-refractivity contribution in [3.63, 3.8) is 0 Å². The van der Waals surface area contributed by atoms with Crippen LogP contribution in [-0.4, -0.2) is 18.3 Å². The van der Waals surface area contributed by atoms with Crippen molar-refractivity contribution < 1.29 is 9.18 Å². The summed E-state index contributed by atoms with van der Waals surface area (Å²) in [6.07, 6.45) is 1.29. The van der Waals surface area contributed by atoms with Gasteiger partial charge in [-0.2, -0.15) is 4.99 Å². The van der Waals surface area contributed by atoms with Crippen LogP contribution in [0.5, 0.6) is 0 Å². The summed E-state index contributed by atoms with van der Waals surface area (Å²) in [7, 11) is 0. The predicted molar refractivity (Wildman–Crippen MR) is 28.2 cm³/mol. The van der Waals surface area contributed by atoms with E-state index in [4.69, 9.17) is 0 Å². The number of nitrogens with zero attached hydrogens (tertiary/aromatic N) is 1. The topological polar surface area (TPSA) is 29.4 Å². The number of hydrogen-bond acceptors (Lipinski definition) is 2. The van der Waals surface area contributed by atoms with E-state index >= 15 is 0 Å². The smallest absolute Gasteiger partial charge is 0.235 e. The van der Waals surface area contributed by atoms with E-state index in [9.17, 15) is 9.18 Å². The molecule has 0 spiro atoms. The molecular weight excluding hydrogens is 109 g/mol. The summed E-state index contributed by atoms with van der Waals surface area (Å²) in [5, 5.41) is 0. The lowest BCUT2D eigenvalue weighted by Gasteiger charge is -2.09. The third kappa shape index (κ3) is 2.48. The highest BCUT2D eigenvalue weighted by atomic mass is 19.1. The predicted octanol–water partition coefficient (Wildman–Crippen LogP) is 1.07. The molecule has 0 saturated heterocycles. The first kappa shape index (κ1) is 7.31. The molecule has 0 aliphatic rings. The molecule has 0 fully saturated rings. The Bertz CT molecular complexity index is 116. The maximum absolute atomic E-state index is 11.7. The van der Waals surface area contributed by atoms with Crippen LogP contribution in [0.15, 0.2) is 4.99 Å². The molecule has 0 rings (SSSR count). The number of rotatable bonds is 2. The summed E-state index contributed by atoms with van der Waals surface area (Å²) < 4.78 is 11.7. The standard InChI is InChI=1S/C5H8FNO/c1-5(2,3-6)7-4-8/h3H2,1-2H3. The summed E-state index contributed by atoms with van der Waals surface area (Å²) in [4.78, 5) is 12.7. The Morgan fingerprint density at radius 2 is 2.25 bits per heavy atom. The minimum Gasteiger partial charge on any atom is -0.248 e. The lowest BCUT2D eigenvalue weighted by atomic mass is 10.1. The molecular formula is C5H8FNO. The van der Waals surface area contributed by atoms with Crippen LogP contribution in [0.25, 0.3) is 0 Å². The first-order valence-electron chi connectivity index (χ1n) is 2.27. The van der Waals surface area contributed by atoms with E-state index in [0.29, 0.717) is 0 Å². The Balaban J connectivity index is 3.90. The van der Waals surface area contributed by atoms with Gasteiger partial charge in [0, 0.05) is 0 Å². The van der Waals surface area contributed by atoms with Gasteiger partial charge in [0.05, 0.1) is 5.54 Å². The Morgan fingerprint density at radius 1 is 1.75 bits per heavy atom. The second-order valence-electron chi connectivity index (χ2n) is 2.15. The second-order valence-corrected chi connectivity index (χ2v) is 2.15. The summed E-state index contributed by atoms with van der Waals surface area (Å²) in [6, 6.07) is 0. The molecule has 0 N–H and O–H groups in total. The van der Waals surface area contributed by atoms with Crippen molar-refractivity contribution in [2.75, 3.05) is 6.67 Å². The van der Waals surface area contributed by atoms with E-state index in [1.807, 2.05) is 0 Å². The molecule has 8 heavy (non-hydrogen) atoms. The van der Waals surface area contributed by atoms with Gasteiger partial charge in [-0.25, -0.2) is 9.18 Å². The number of hydrogen-bond donors (Lipinski definition) is 0. The number of halogens is 1. The average molecular weight is 117 g/mol. The van der Waals surface area contributed by atoms with Crippen molar-refractivity contribution >= 4 is 6.08 Å². The quantitative estimate of drug-likeness (QED) is 0.393. The van der Waals surface area contributed by atoms with Crippen molar-refractivity contribution in [3.8, 4) is 0 Å². The van der Waals surface area contributed by atoms with Gasteiger partial charge < -0.3 is 0 Å². The van der Waals surface area contributed by atoms with E-state index in [1.165, 1.54) is 19.9 Å². The van der Waals surface area contributed by atoms with Gasteiger partial charge in [-0.05, 0) is 13.8 Å². The summed E-state index contributed by atoms with van der Waals surface area (Å²) in [6.45, 7) is 2.43. The number of isocyanates is 1. The number of carbonyl (C=O) groups excluding carboxylic acids is 1. The molecule has 3 heteroatoms. The fourth-order valence-electron chi connectivity index (χ4n) is 0.153. The zero-order valence-electron chi connectivity index (χ0n) is 4.94. The minimum atomic E-state index is -0.873. The van der Waals surface area contributed by atoms with Crippen molar-refractivity contribution in [1.82, 2.24) is 0 Å². The van der Waals surface area contributed by atoms with Gasteiger partial charge in [-0.3, -0.25) is 0 Å². The fraction of sp³-hybridized carbons (Fsp3) is 0.800. The van der Waals surface area contributed by atoms with E-state index < -0.39 is 12.2 Å². The molecule has 0 bridgehead atoms. The van der Waals surface area contributed by atoms with Gasteiger partial charge >= 0.3 is 0 Å². The minimum absolute atomic E-state index is 0.623. The highest BCUT2D eigenvalue weighted by Crippen LogP contribution is 2.06. The SMILES string of the molecule is CC(C)(CF)N=C=O. The Morgan fingerprint density at radius 3 is 2.38 bits per heavy atom.